The Hall–Kier alpha value is -4.44. The number of nitrogens with one attached hydrogen (secondary N) is 2. The minimum absolute atomic E-state index is 0.0879. The van der Waals surface area contributed by atoms with Gasteiger partial charge in [-0.05, 0) is 61.0 Å². The quantitative estimate of drug-likeness (QED) is 0.238. The van der Waals surface area contributed by atoms with Crippen LogP contribution < -0.4 is 29.7 Å². The van der Waals surface area contributed by atoms with E-state index in [1.54, 1.807) is 30.3 Å². The molecule has 1 aromatic heterocycles. The fourth-order valence-corrected chi connectivity index (χ4v) is 8.42. The lowest BCUT2D eigenvalue weighted by molar-refractivity contribution is -0.122. The predicted octanol–water partition coefficient (Wildman–Crippen LogP) is 3.21. The van der Waals surface area contributed by atoms with Gasteiger partial charge in [0, 0.05) is 16.5 Å². The SMILES string of the molecule is COc1cc(C2c3sc(=O)[nH]c3SC3C(=O)N(c4ccc(C)cc4)C(=O)C32)ccc1OCC(=O)Nc1ccc(S(N)(=O)=O)cc1. The number of rotatable bonds is 8. The molecule has 3 heterocycles. The monoisotopic (exact) mass is 666 g/mol. The second kappa shape index (κ2) is 11.8. The van der Waals surface area contributed by atoms with Gasteiger partial charge in [0.15, 0.2) is 18.1 Å². The van der Waals surface area contributed by atoms with Crippen molar-refractivity contribution in [3.8, 4) is 11.5 Å². The van der Waals surface area contributed by atoms with E-state index in [2.05, 4.69) is 10.3 Å². The van der Waals surface area contributed by atoms with Gasteiger partial charge in [-0.25, -0.2) is 18.5 Å². The summed E-state index contributed by atoms with van der Waals surface area (Å²) in [7, 11) is -2.43. The molecule has 45 heavy (non-hydrogen) atoms. The molecule has 2 aliphatic rings. The molecule has 3 atom stereocenters. The number of aryl methyl sites for hydroxylation is 1. The molecular formula is C30H26N4O8S3. The van der Waals surface area contributed by atoms with Crippen molar-refractivity contribution in [1.82, 2.24) is 4.98 Å². The number of primary sulfonamides is 1. The first kappa shape index (κ1) is 30.6. The van der Waals surface area contributed by atoms with Crippen LogP contribution in [0.5, 0.6) is 11.5 Å². The van der Waals surface area contributed by atoms with Gasteiger partial charge in [0.05, 0.1) is 28.6 Å². The number of fused-ring (bicyclic) bond motifs is 2. The van der Waals surface area contributed by atoms with E-state index < -0.39 is 33.0 Å². The van der Waals surface area contributed by atoms with Crippen molar-refractivity contribution >= 4 is 62.2 Å². The molecule has 4 aromatic rings. The zero-order chi connectivity index (χ0) is 32.0. The number of nitrogens with two attached hydrogens (primary N) is 1. The summed E-state index contributed by atoms with van der Waals surface area (Å²) in [6.07, 6.45) is 0. The van der Waals surface area contributed by atoms with Gasteiger partial charge in [-0.15, -0.1) is 0 Å². The molecule has 6 rings (SSSR count). The highest BCUT2D eigenvalue weighted by Crippen LogP contribution is 2.53. The van der Waals surface area contributed by atoms with Gasteiger partial charge in [-0.3, -0.25) is 19.2 Å². The molecule has 0 spiro atoms. The van der Waals surface area contributed by atoms with Crippen molar-refractivity contribution in [1.29, 1.82) is 0 Å². The Morgan fingerprint density at radius 3 is 2.38 bits per heavy atom. The maximum absolute atomic E-state index is 13.9. The largest absolute Gasteiger partial charge is 0.493 e. The fraction of sp³-hybridized carbons (Fsp3) is 0.200. The zero-order valence-electron chi connectivity index (χ0n) is 23.8. The molecule has 0 bridgehead atoms. The Balaban J connectivity index is 1.25. The van der Waals surface area contributed by atoms with Crippen LogP contribution in [-0.2, 0) is 24.4 Å². The molecule has 12 nitrogen and oxygen atoms in total. The van der Waals surface area contributed by atoms with Crippen molar-refractivity contribution in [3.63, 3.8) is 0 Å². The molecule has 1 fully saturated rings. The number of aromatic nitrogens is 1. The zero-order valence-corrected chi connectivity index (χ0v) is 26.3. The van der Waals surface area contributed by atoms with Crippen LogP contribution in [0, 0.1) is 12.8 Å². The first-order valence-electron chi connectivity index (χ1n) is 13.5. The fourth-order valence-electron chi connectivity index (χ4n) is 5.39. The standard InChI is InChI=1S/C30H26N4O8S3/c1-15-3-8-18(9-4-15)34-28(36)24-23(25-27(33-30(38)44-25)43-26(24)29(34)37)16-5-12-20(21(13-16)41-2)42-14-22(35)32-17-6-10-19(11-7-17)45(31,39)40/h3-13,23-24,26H,14H2,1-2H3,(H,32,35)(H,33,38)(H2,31,39,40). The summed E-state index contributed by atoms with van der Waals surface area (Å²) in [5, 5.41) is 7.53. The minimum atomic E-state index is -3.86. The molecule has 4 N–H and O–H groups in total. The number of carbonyl (C=O) groups is 3. The smallest absolute Gasteiger partial charge is 0.305 e. The van der Waals surface area contributed by atoms with Crippen LogP contribution in [0.1, 0.15) is 21.9 Å². The van der Waals surface area contributed by atoms with E-state index in [4.69, 9.17) is 14.6 Å². The van der Waals surface area contributed by atoms with E-state index in [1.165, 1.54) is 48.0 Å². The third-order valence-electron chi connectivity index (χ3n) is 7.49. The van der Waals surface area contributed by atoms with Crippen molar-refractivity contribution in [2.24, 2.45) is 11.1 Å². The highest BCUT2D eigenvalue weighted by atomic mass is 32.2. The summed E-state index contributed by atoms with van der Waals surface area (Å²) in [6, 6.07) is 17.5. The lowest BCUT2D eigenvalue weighted by Gasteiger charge is -2.30. The number of thioether (sulfide) groups is 1. The predicted molar refractivity (Wildman–Crippen MR) is 169 cm³/mol. The van der Waals surface area contributed by atoms with Crippen LogP contribution in [0.2, 0.25) is 0 Å². The average molecular weight is 667 g/mol. The first-order chi connectivity index (χ1) is 21.4. The van der Waals surface area contributed by atoms with Crippen LogP contribution in [0.25, 0.3) is 0 Å². The number of sulfonamides is 1. The van der Waals surface area contributed by atoms with Crippen LogP contribution in [-0.4, -0.2) is 50.1 Å². The third-order valence-corrected chi connectivity index (χ3v) is 10.8. The Morgan fingerprint density at radius 2 is 1.71 bits per heavy atom. The molecule has 0 saturated carbocycles. The number of amides is 3. The number of ether oxygens (including phenoxy) is 2. The van der Waals surface area contributed by atoms with Crippen LogP contribution in [0.15, 0.2) is 81.4 Å². The molecule has 3 amide bonds. The second-order valence-corrected chi connectivity index (χ2v) is 14.1. The lowest BCUT2D eigenvalue weighted by atomic mass is 9.83. The van der Waals surface area contributed by atoms with E-state index in [-0.39, 0.29) is 39.7 Å². The van der Waals surface area contributed by atoms with Crippen LogP contribution >= 0.6 is 23.1 Å². The Bertz CT molecular complexity index is 1990. The van der Waals surface area contributed by atoms with E-state index >= 15 is 0 Å². The molecule has 1 saturated heterocycles. The number of anilines is 2. The first-order valence-corrected chi connectivity index (χ1v) is 16.8. The topological polar surface area (TPSA) is 178 Å². The highest BCUT2D eigenvalue weighted by Gasteiger charge is 2.56. The lowest BCUT2D eigenvalue weighted by Crippen LogP contribution is -2.32. The Kier molecular flexibility index (Phi) is 8.03. The van der Waals surface area contributed by atoms with Crippen molar-refractivity contribution in [2.75, 3.05) is 23.9 Å². The molecule has 0 aliphatic carbocycles. The van der Waals surface area contributed by atoms with Gasteiger partial charge in [0.2, 0.25) is 21.8 Å². The van der Waals surface area contributed by atoms with E-state index in [0.29, 0.717) is 26.8 Å². The maximum atomic E-state index is 13.9. The molecule has 3 aromatic carbocycles. The highest BCUT2D eigenvalue weighted by molar-refractivity contribution is 8.00. The summed E-state index contributed by atoms with van der Waals surface area (Å²) < 4.78 is 34.2. The van der Waals surface area contributed by atoms with E-state index in [1.807, 2.05) is 19.1 Å². The number of hydrogen-bond acceptors (Lipinski definition) is 10. The normalized spacial score (nSPS) is 19.2. The number of nitrogens with zero attached hydrogens (tertiary/aromatic N) is 1. The Morgan fingerprint density at radius 1 is 1.00 bits per heavy atom. The van der Waals surface area contributed by atoms with E-state index in [0.717, 1.165) is 16.9 Å². The molecule has 15 heteroatoms. The average Bonchev–Trinajstić information content (AvgIpc) is 3.50. The number of carbonyl (C=O) groups excluding carboxylic acids is 3. The van der Waals surface area contributed by atoms with Gasteiger partial charge in [0.25, 0.3) is 5.91 Å². The number of thiazole rings is 1. The molecular weight excluding hydrogens is 641 g/mol. The number of H-pyrrole nitrogens is 1. The third kappa shape index (κ3) is 5.86. The summed E-state index contributed by atoms with van der Waals surface area (Å²) in [5.41, 5.74) is 2.46. The van der Waals surface area contributed by atoms with Gasteiger partial charge in [-0.1, -0.05) is 46.9 Å². The summed E-state index contributed by atoms with van der Waals surface area (Å²) >= 11 is 2.19. The number of imide groups is 1. The summed E-state index contributed by atoms with van der Waals surface area (Å²) in [6.45, 7) is 1.53. The molecule has 232 valence electrons. The van der Waals surface area contributed by atoms with Gasteiger partial charge in [0.1, 0.15) is 5.25 Å². The number of methoxy groups -OCH3 is 1. The second-order valence-electron chi connectivity index (χ2n) is 10.4. The van der Waals surface area contributed by atoms with Crippen molar-refractivity contribution in [3.05, 3.63) is 92.4 Å². The summed E-state index contributed by atoms with van der Waals surface area (Å²) in [4.78, 5) is 56.8. The summed E-state index contributed by atoms with van der Waals surface area (Å²) in [5.74, 6) is -2.07. The van der Waals surface area contributed by atoms with Gasteiger partial charge >= 0.3 is 4.87 Å². The molecule has 0 radical (unpaired) electrons. The number of hydrogen-bond donors (Lipinski definition) is 3. The maximum Gasteiger partial charge on any atom is 0.305 e. The molecule has 2 aliphatic heterocycles. The van der Waals surface area contributed by atoms with E-state index in [9.17, 15) is 27.6 Å². The molecule has 3 unspecified atom stereocenters. The van der Waals surface area contributed by atoms with Crippen LogP contribution in [0.3, 0.4) is 0 Å². The van der Waals surface area contributed by atoms with Crippen LogP contribution in [0.4, 0.5) is 11.4 Å². The van der Waals surface area contributed by atoms with Gasteiger partial charge in [-0.2, -0.15) is 0 Å². The van der Waals surface area contributed by atoms with Crippen molar-refractivity contribution < 1.29 is 32.3 Å². The Labute approximate surface area is 265 Å². The van der Waals surface area contributed by atoms with Gasteiger partial charge < -0.3 is 19.8 Å². The minimum Gasteiger partial charge on any atom is -0.493 e. The number of aromatic amines is 1. The van der Waals surface area contributed by atoms with Crippen molar-refractivity contribution in [2.45, 2.75) is 28.0 Å². The number of benzene rings is 3.